The maximum absolute atomic E-state index is 11.6. The predicted octanol–water partition coefficient (Wildman–Crippen LogP) is 0.252. The summed E-state index contributed by atoms with van der Waals surface area (Å²) in [5, 5.41) is 5.82. The van der Waals surface area contributed by atoms with Crippen LogP contribution in [0.3, 0.4) is 0 Å². The molecule has 0 aliphatic carbocycles. The van der Waals surface area contributed by atoms with Crippen molar-refractivity contribution in [3.8, 4) is 0 Å². The number of nitrogens with one attached hydrogen (secondary N) is 2. The van der Waals surface area contributed by atoms with Gasteiger partial charge in [0.25, 0.3) is 0 Å². The summed E-state index contributed by atoms with van der Waals surface area (Å²) in [6, 6.07) is 0.211. The second kappa shape index (κ2) is 4.81. The molecule has 2 amide bonds. The molecule has 3 unspecified atom stereocenters. The normalized spacial score (nSPS) is 35.4. The maximum Gasteiger partial charge on any atom is 0.315 e. The number of ether oxygens (including phenoxy) is 2. The number of rotatable bonds is 2. The van der Waals surface area contributed by atoms with Crippen molar-refractivity contribution in [2.24, 2.45) is 0 Å². The Hall–Kier alpha value is -0.810. The summed E-state index contributed by atoms with van der Waals surface area (Å²) in [7, 11) is 0. The van der Waals surface area contributed by atoms with Crippen LogP contribution < -0.4 is 10.6 Å². The van der Waals surface area contributed by atoms with Crippen LogP contribution in [0.2, 0.25) is 0 Å². The highest BCUT2D eigenvalue weighted by Crippen LogP contribution is 2.12. The number of amides is 2. The minimum absolute atomic E-state index is 0.104. The van der Waals surface area contributed by atoms with Crippen molar-refractivity contribution in [2.75, 3.05) is 19.8 Å². The molecule has 3 atom stereocenters. The van der Waals surface area contributed by atoms with Crippen molar-refractivity contribution in [2.45, 2.75) is 38.0 Å². The Kier molecular flexibility index (Phi) is 3.43. The molecule has 2 fully saturated rings. The zero-order valence-corrected chi connectivity index (χ0v) is 8.99. The van der Waals surface area contributed by atoms with Gasteiger partial charge in [0.1, 0.15) is 0 Å². The van der Waals surface area contributed by atoms with Crippen LogP contribution in [-0.2, 0) is 9.47 Å². The molecule has 2 N–H and O–H groups in total. The molecule has 2 aliphatic rings. The lowest BCUT2D eigenvalue weighted by molar-refractivity contribution is 0.114. The Labute approximate surface area is 89.5 Å². The lowest BCUT2D eigenvalue weighted by atomic mass is 10.2. The van der Waals surface area contributed by atoms with Gasteiger partial charge in [-0.2, -0.15) is 0 Å². The van der Waals surface area contributed by atoms with Gasteiger partial charge in [-0.3, -0.25) is 0 Å². The summed E-state index contributed by atoms with van der Waals surface area (Å²) in [5.41, 5.74) is 0. The van der Waals surface area contributed by atoms with Crippen LogP contribution in [0.5, 0.6) is 0 Å². The zero-order valence-electron chi connectivity index (χ0n) is 8.99. The van der Waals surface area contributed by atoms with Gasteiger partial charge in [0.05, 0.1) is 24.8 Å². The van der Waals surface area contributed by atoms with Crippen molar-refractivity contribution in [1.82, 2.24) is 10.6 Å². The predicted molar refractivity (Wildman–Crippen MR) is 54.7 cm³/mol. The van der Waals surface area contributed by atoms with Gasteiger partial charge in [-0.25, -0.2) is 4.79 Å². The highest BCUT2D eigenvalue weighted by atomic mass is 16.5. The van der Waals surface area contributed by atoms with E-state index < -0.39 is 0 Å². The van der Waals surface area contributed by atoms with Gasteiger partial charge in [0.15, 0.2) is 0 Å². The third-order valence-corrected chi connectivity index (χ3v) is 2.96. The van der Waals surface area contributed by atoms with Crippen LogP contribution in [0.1, 0.15) is 19.8 Å². The number of hydrogen-bond donors (Lipinski definition) is 2. The van der Waals surface area contributed by atoms with E-state index >= 15 is 0 Å². The van der Waals surface area contributed by atoms with E-state index in [0.717, 1.165) is 26.1 Å². The van der Waals surface area contributed by atoms with E-state index in [2.05, 4.69) is 10.6 Å². The largest absolute Gasteiger partial charge is 0.379 e. The standard InChI is InChI=1S/C10H18N2O3/c1-7-9(3-5-15-7)12-10(13)11-8-2-4-14-6-8/h7-9H,2-6H2,1H3,(H2,11,12,13). The third-order valence-electron chi connectivity index (χ3n) is 2.96. The fraction of sp³-hybridized carbons (Fsp3) is 0.900. The van der Waals surface area contributed by atoms with Crippen molar-refractivity contribution in [3.63, 3.8) is 0 Å². The van der Waals surface area contributed by atoms with Gasteiger partial charge in [-0.05, 0) is 19.8 Å². The highest BCUT2D eigenvalue weighted by molar-refractivity contribution is 5.74. The minimum atomic E-state index is -0.104. The molecule has 2 saturated heterocycles. The smallest absolute Gasteiger partial charge is 0.315 e. The fourth-order valence-electron chi connectivity index (χ4n) is 1.97. The van der Waals surface area contributed by atoms with E-state index in [-0.39, 0.29) is 24.2 Å². The van der Waals surface area contributed by atoms with E-state index in [0.29, 0.717) is 6.61 Å². The second-order valence-corrected chi connectivity index (χ2v) is 4.15. The molecule has 0 saturated carbocycles. The number of hydrogen-bond acceptors (Lipinski definition) is 3. The van der Waals surface area contributed by atoms with Crippen LogP contribution in [0.15, 0.2) is 0 Å². The molecule has 5 heteroatoms. The SMILES string of the molecule is CC1OCCC1NC(=O)NC1CCOC1. The van der Waals surface area contributed by atoms with Gasteiger partial charge < -0.3 is 20.1 Å². The summed E-state index contributed by atoms with van der Waals surface area (Å²) >= 11 is 0. The Morgan fingerprint density at radius 3 is 2.73 bits per heavy atom. The molecule has 0 radical (unpaired) electrons. The maximum atomic E-state index is 11.6. The summed E-state index contributed by atoms with van der Waals surface area (Å²) < 4.78 is 10.6. The average molecular weight is 214 g/mol. The molecule has 0 aromatic carbocycles. The molecular weight excluding hydrogens is 196 g/mol. The monoisotopic (exact) mass is 214 g/mol. The van der Waals surface area contributed by atoms with E-state index in [9.17, 15) is 4.79 Å². The summed E-state index contributed by atoms with van der Waals surface area (Å²) in [5.74, 6) is 0. The van der Waals surface area contributed by atoms with Crippen molar-refractivity contribution >= 4 is 6.03 Å². The van der Waals surface area contributed by atoms with Gasteiger partial charge in [-0.1, -0.05) is 0 Å². The van der Waals surface area contributed by atoms with Crippen LogP contribution in [0.25, 0.3) is 0 Å². The molecule has 5 nitrogen and oxygen atoms in total. The van der Waals surface area contributed by atoms with Crippen molar-refractivity contribution in [3.05, 3.63) is 0 Å². The van der Waals surface area contributed by atoms with Crippen LogP contribution in [0, 0.1) is 0 Å². The topological polar surface area (TPSA) is 59.6 Å². The number of urea groups is 1. The Balaban J connectivity index is 1.71. The molecule has 0 spiro atoms. The van der Waals surface area contributed by atoms with E-state index in [4.69, 9.17) is 9.47 Å². The lowest BCUT2D eigenvalue weighted by Crippen LogP contribution is -2.48. The molecular formula is C10H18N2O3. The van der Waals surface area contributed by atoms with E-state index in [1.54, 1.807) is 0 Å². The summed E-state index contributed by atoms with van der Waals surface area (Å²) in [6.07, 6.45) is 1.93. The summed E-state index contributed by atoms with van der Waals surface area (Å²) in [4.78, 5) is 11.6. The molecule has 86 valence electrons. The van der Waals surface area contributed by atoms with E-state index in [1.807, 2.05) is 6.92 Å². The first-order valence-electron chi connectivity index (χ1n) is 5.52. The molecule has 0 bridgehead atoms. The molecule has 0 aromatic rings. The van der Waals surface area contributed by atoms with Crippen molar-refractivity contribution < 1.29 is 14.3 Å². The van der Waals surface area contributed by atoms with Gasteiger partial charge in [-0.15, -0.1) is 0 Å². The first kappa shape index (κ1) is 10.7. The van der Waals surface area contributed by atoms with Gasteiger partial charge >= 0.3 is 6.03 Å². The lowest BCUT2D eigenvalue weighted by Gasteiger charge is -2.18. The quantitative estimate of drug-likeness (QED) is 0.693. The number of carbonyl (C=O) groups is 1. The third kappa shape index (κ3) is 2.82. The van der Waals surface area contributed by atoms with Gasteiger partial charge in [0, 0.05) is 13.2 Å². The zero-order chi connectivity index (χ0) is 10.7. The first-order valence-corrected chi connectivity index (χ1v) is 5.52. The average Bonchev–Trinajstić information content (AvgIpc) is 2.79. The number of carbonyl (C=O) groups excluding carboxylic acids is 1. The highest BCUT2D eigenvalue weighted by Gasteiger charge is 2.26. The van der Waals surface area contributed by atoms with E-state index in [1.165, 1.54) is 0 Å². The molecule has 2 rings (SSSR count). The molecule has 2 aliphatic heterocycles. The summed E-state index contributed by atoms with van der Waals surface area (Å²) in [6.45, 7) is 4.09. The minimum Gasteiger partial charge on any atom is -0.379 e. The van der Waals surface area contributed by atoms with Crippen LogP contribution in [-0.4, -0.2) is 44.0 Å². The Morgan fingerprint density at radius 2 is 2.13 bits per heavy atom. The molecule has 2 heterocycles. The van der Waals surface area contributed by atoms with Gasteiger partial charge in [0.2, 0.25) is 0 Å². The fourth-order valence-corrected chi connectivity index (χ4v) is 1.97. The molecule has 0 aromatic heterocycles. The first-order chi connectivity index (χ1) is 7.25. The Morgan fingerprint density at radius 1 is 1.27 bits per heavy atom. The van der Waals surface area contributed by atoms with Crippen molar-refractivity contribution in [1.29, 1.82) is 0 Å². The second-order valence-electron chi connectivity index (χ2n) is 4.15. The van der Waals surface area contributed by atoms with Crippen LogP contribution in [0.4, 0.5) is 4.79 Å². The van der Waals surface area contributed by atoms with Crippen LogP contribution >= 0.6 is 0 Å². The Bertz CT molecular complexity index is 229. The molecule has 15 heavy (non-hydrogen) atoms.